The Bertz CT molecular complexity index is 1120. The summed E-state index contributed by atoms with van der Waals surface area (Å²) in [6.45, 7) is -0.139. The normalized spacial score (nSPS) is 19.9. The Kier molecular flexibility index (Phi) is 6.17. The molecule has 1 fully saturated rings. The second-order valence-corrected chi connectivity index (χ2v) is 8.89. The van der Waals surface area contributed by atoms with Gasteiger partial charge < -0.3 is 19.5 Å². The van der Waals surface area contributed by atoms with E-state index >= 15 is 0 Å². The highest BCUT2D eigenvalue weighted by Gasteiger charge is 2.32. The molecular weight excluding hydrogens is 446 g/mol. The molecule has 3 heterocycles. The number of nitrogens with one attached hydrogen (secondary N) is 1. The van der Waals surface area contributed by atoms with Gasteiger partial charge in [-0.15, -0.1) is 11.3 Å². The van der Waals surface area contributed by atoms with Gasteiger partial charge in [0.05, 0.1) is 34.8 Å². The van der Waals surface area contributed by atoms with Crippen molar-refractivity contribution in [3.8, 4) is 10.6 Å². The number of alkyl halides is 4. The lowest BCUT2D eigenvalue weighted by Crippen LogP contribution is -2.46. The zero-order chi connectivity index (χ0) is 23.0. The van der Waals surface area contributed by atoms with Gasteiger partial charge in [0.1, 0.15) is 12.7 Å². The van der Waals surface area contributed by atoms with Crippen LogP contribution in [0.2, 0.25) is 0 Å². The molecule has 5 nitrogen and oxygen atoms in total. The van der Waals surface area contributed by atoms with Crippen LogP contribution in [0.3, 0.4) is 0 Å². The third kappa shape index (κ3) is 4.61. The molecule has 32 heavy (non-hydrogen) atoms. The van der Waals surface area contributed by atoms with Gasteiger partial charge in [0.15, 0.2) is 0 Å². The van der Waals surface area contributed by atoms with Crippen molar-refractivity contribution in [2.75, 3.05) is 32.6 Å². The predicted molar refractivity (Wildman–Crippen MR) is 117 cm³/mol. The monoisotopic (exact) mass is 469 g/mol. The molecular formula is C22H23F4N3O2S. The molecule has 1 N–H and O–H groups in total. The summed E-state index contributed by atoms with van der Waals surface area (Å²) in [5, 5.41) is 5.35. The number of fused-ring (bicyclic) bond motifs is 1. The summed E-state index contributed by atoms with van der Waals surface area (Å²) in [6, 6.07) is 7.81. The first-order chi connectivity index (χ1) is 15.2. The number of carbonyl (C=O) groups is 1. The standard InChI is InChI=1S/C22H23F4N3O2S/c1-28-7-6-17(15(23)10-28)27-16-4-3-5-18-14(16)9-19(29(18)12-22(24,25)26)20-8-13(11-32-20)21(30)31-2/h3-5,8-9,11,15,17,27H,6-7,10,12H2,1-2H3/t15-,17+/m0/s1. The average molecular weight is 470 g/mol. The molecule has 2 aromatic heterocycles. The highest BCUT2D eigenvalue weighted by Crippen LogP contribution is 2.38. The highest BCUT2D eigenvalue weighted by atomic mass is 32.1. The third-order valence-corrected chi connectivity index (χ3v) is 6.59. The molecule has 0 bridgehead atoms. The van der Waals surface area contributed by atoms with Crippen molar-refractivity contribution < 1.29 is 27.1 Å². The Morgan fingerprint density at radius 1 is 1.31 bits per heavy atom. The minimum absolute atomic E-state index is 0.279. The van der Waals surface area contributed by atoms with Crippen LogP contribution in [0.4, 0.5) is 23.2 Å². The van der Waals surface area contributed by atoms with E-state index in [1.54, 1.807) is 29.6 Å². The SMILES string of the molecule is COC(=O)c1csc(-c2cc3c(N[C@@H]4CCN(C)C[C@@H]4F)cccc3n2CC(F)(F)F)c1. The maximum Gasteiger partial charge on any atom is 0.406 e. The molecule has 1 saturated heterocycles. The molecule has 0 amide bonds. The van der Waals surface area contributed by atoms with Crippen LogP contribution >= 0.6 is 11.3 Å². The lowest BCUT2D eigenvalue weighted by atomic mass is 10.0. The number of halogens is 4. The van der Waals surface area contributed by atoms with E-state index in [1.165, 1.54) is 29.1 Å². The maximum atomic E-state index is 14.6. The van der Waals surface area contributed by atoms with Crippen LogP contribution in [-0.2, 0) is 11.3 Å². The average Bonchev–Trinajstić information content (AvgIpc) is 3.34. The molecule has 0 radical (unpaired) electrons. The van der Waals surface area contributed by atoms with Crippen LogP contribution < -0.4 is 5.32 Å². The zero-order valence-electron chi connectivity index (χ0n) is 17.6. The molecule has 172 valence electrons. The van der Waals surface area contributed by atoms with E-state index in [9.17, 15) is 22.4 Å². The van der Waals surface area contributed by atoms with Gasteiger partial charge in [0.2, 0.25) is 0 Å². The van der Waals surface area contributed by atoms with Crippen molar-refractivity contribution in [1.82, 2.24) is 9.47 Å². The number of likely N-dealkylation sites (tertiary alicyclic amines) is 1. The Labute approximate surface area is 186 Å². The van der Waals surface area contributed by atoms with Gasteiger partial charge in [0.25, 0.3) is 0 Å². The number of carbonyl (C=O) groups excluding carboxylic acids is 1. The van der Waals surface area contributed by atoms with Gasteiger partial charge in [0, 0.05) is 29.5 Å². The molecule has 0 unspecified atom stereocenters. The van der Waals surface area contributed by atoms with Crippen LogP contribution in [0.25, 0.3) is 21.5 Å². The summed E-state index contributed by atoms with van der Waals surface area (Å²) < 4.78 is 60.8. The molecule has 10 heteroatoms. The fraction of sp³-hybridized carbons (Fsp3) is 0.409. The lowest BCUT2D eigenvalue weighted by Gasteiger charge is -2.33. The molecule has 1 aliphatic heterocycles. The quantitative estimate of drug-likeness (QED) is 0.414. The van der Waals surface area contributed by atoms with Crippen LogP contribution in [0.15, 0.2) is 35.7 Å². The van der Waals surface area contributed by atoms with Gasteiger partial charge in [-0.05, 0) is 37.7 Å². The van der Waals surface area contributed by atoms with E-state index in [4.69, 9.17) is 4.74 Å². The van der Waals surface area contributed by atoms with E-state index in [0.29, 0.717) is 40.1 Å². The fourth-order valence-corrected chi connectivity index (χ4v) is 4.98. The molecule has 0 spiro atoms. The van der Waals surface area contributed by atoms with E-state index < -0.39 is 30.9 Å². The van der Waals surface area contributed by atoms with Gasteiger partial charge in [-0.2, -0.15) is 13.2 Å². The summed E-state index contributed by atoms with van der Waals surface area (Å²) in [4.78, 5) is 14.2. The van der Waals surface area contributed by atoms with Gasteiger partial charge in [-0.3, -0.25) is 0 Å². The largest absolute Gasteiger partial charge is 0.465 e. The molecule has 2 atom stereocenters. The number of aromatic nitrogens is 1. The van der Waals surface area contributed by atoms with Gasteiger partial charge in [-0.25, -0.2) is 9.18 Å². The lowest BCUT2D eigenvalue weighted by molar-refractivity contribution is -0.139. The van der Waals surface area contributed by atoms with Crippen molar-refractivity contribution in [2.24, 2.45) is 0 Å². The van der Waals surface area contributed by atoms with Crippen LogP contribution in [0.1, 0.15) is 16.8 Å². The first kappa shape index (κ1) is 22.6. The van der Waals surface area contributed by atoms with Crippen molar-refractivity contribution in [3.05, 3.63) is 41.3 Å². The topological polar surface area (TPSA) is 46.5 Å². The van der Waals surface area contributed by atoms with Gasteiger partial charge >= 0.3 is 12.1 Å². The number of benzene rings is 1. The number of esters is 1. The van der Waals surface area contributed by atoms with Crippen molar-refractivity contribution >= 4 is 33.9 Å². The summed E-state index contributed by atoms with van der Waals surface area (Å²) in [5.41, 5.74) is 1.60. The molecule has 0 aliphatic carbocycles. The molecule has 4 rings (SSSR count). The third-order valence-electron chi connectivity index (χ3n) is 5.64. The summed E-state index contributed by atoms with van der Waals surface area (Å²) in [5.74, 6) is -0.551. The number of hydrogen-bond acceptors (Lipinski definition) is 5. The molecule has 1 aliphatic rings. The Balaban J connectivity index is 1.78. The molecule has 1 aromatic carbocycles. The van der Waals surface area contributed by atoms with Gasteiger partial charge in [-0.1, -0.05) is 6.07 Å². The van der Waals surface area contributed by atoms with E-state index in [0.717, 1.165) is 6.54 Å². The van der Waals surface area contributed by atoms with Crippen molar-refractivity contribution in [1.29, 1.82) is 0 Å². The smallest absolute Gasteiger partial charge is 0.406 e. The summed E-state index contributed by atoms with van der Waals surface area (Å²) in [6.07, 6.45) is -4.93. The second-order valence-electron chi connectivity index (χ2n) is 7.98. The maximum absolute atomic E-state index is 14.6. The predicted octanol–water partition coefficient (Wildman–Crippen LogP) is 5.17. The highest BCUT2D eigenvalue weighted by molar-refractivity contribution is 7.13. The zero-order valence-corrected chi connectivity index (χ0v) is 18.4. The fourth-order valence-electron chi connectivity index (χ4n) is 4.08. The first-order valence-corrected chi connectivity index (χ1v) is 11.0. The van der Waals surface area contributed by atoms with E-state index in [2.05, 4.69) is 5.32 Å². The number of piperidine rings is 1. The molecule has 3 aromatic rings. The van der Waals surface area contributed by atoms with Crippen LogP contribution in [0, 0.1) is 0 Å². The number of methoxy groups -OCH3 is 1. The minimum atomic E-state index is -4.44. The Morgan fingerprint density at radius 2 is 2.09 bits per heavy atom. The Hall–Kier alpha value is -2.59. The number of thiophene rings is 1. The van der Waals surface area contributed by atoms with E-state index in [1.807, 2.05) is 11.9 Å². The Morgan fingerprint density at radius 3 is 2.78 bits per heavy atom. The van der Waals surface area contributed by atoms with E-state index in [-0.39, 0.29) is 5.56 Å². The van der Waals surface area contributed by atoms with Crippen LogP contribution in [-0.4, -0.2) is 61.1 Å². The first-order valence-electron chi connectivity index (χ1n) is 10.1. The second kappa shape index (κ2) is 8.74. The summed E-state index contributed by atoms with van der Waals surface area (Å²) >= 11 is 1.17. The molecule has 0 saturated carbocycles. The number of ether oxygens (including phenoxy) is 1. The number of anilines is 1. The van der Waals surface area contributed by atoms with Crippen LogP contribution in [0.5, 0.6) is 0 Å². The number of nitrogens with zero attached hydrogens (tertiary/aromatic N) is 2. The minimum Gasteiger partial charge on any atom is -0.465 e. The number of hydrogen-bond donors (Lipinski definition) is 1. The summed E-state index contributed by atoms with van der Waals surface area (Å²) in [7, 11) is 3.11. The van der Waals surface area contributed by atoms with Crippen molar-refractivity contribution in [2.45, 2.75) is 31.4 Å². The van der Waals surface area contributed by atoms with Crippen molar-refractivity contribution in [3.63, 3.8) is 0 Å². The number of rotatable bonds is 5.